The number of hydrogen-bond donors (Lipinski definition) is 0. The summed E-state index contributed by atoms with van der Waals surface area (Å²) in [4.78, 5) is 22.7. The first-order valence-corrected chi connectivity index (χ1v) is 16.1. The third-order valence-corrected chi connectivity index (χ3v) is 9.47. The van der Waals surface area contributed by atoms with Gasteiger partial charge in [0.15, 0.2) is 46.5 Å². The molecule has 0 unspecified atom stereocenters. The Kier molecular flexibility index (Phi) is 9.58. The SMILES string of the molecule is O=[N+]([O-])c1ccc2c(c1)C(c1ccc(OCc3c(F)c(F)c(F)c(F)c3F)cc1)(c1ccc(OCc3c(F)c(F)c(F)c(F)c3F)cc1)c1cc([N+](=O)[O-])ccc1-2. The molecule has 0 amide bonds. The van der Waals surface area contributed by atoms with Gasteiger partial charge in [0, 0.05) is 24.3 Å². The quantitative estimate of drug-likeness (QED) is 0.0449. The van der Waals surface area contributed by atoms with Crippen molar-refractivity contribution in [3.63, 3.8) is 0 Å². The van der Waals surface area contributed by atoms with Gasteiger partial charge in [-0.3, -0.25) is 20.2 Å². The van der Waals surface area contributed by atoms with Crippen LogP contribution in [0.4, 0.5) is 55.3 Å². The fraction of sp³-hybridized carbons (Fsp3) is 0.0769. The van der Waals surface area contributed by atoms with Gasteiger partial charge in [-0.15, -0.1) is 0 Å². The van der Waals surface area contributed by atoms with Crippen LogP contribution in [0.1, 0.15) is 33.4 Å². The summed E-state index contributed by atoms with van der Waals surface area (Å²) in [6.07, 6.45) is 0. The summed E-state index contributed by atoms with van der Waals surface area (Å²) in [5.41, 5.74) is -3.16. The van der Waals surface area contributed by atoms with Gasteiger partial charge in [-0.1, -0.05) is 24.3 Å². The fourth-order valence-corrected chi connectivity index (χ4v) is 6.78. The highest BCUT2D eigenvalue weighted by molar-refractivity contribution is 5.88. The molecule has 6 aromatic carbocycles. The van der Waals surface area contributed by atoms with Gasteiger partial charge in [0.1, 0.15) is 24.7 Å². The van der Waals surface area contributed by atoms with Gasteiger partial charge in [-0.05, 0) is 69.8 Å². The molecule has 0 aliphatic heterocycles. The van der Waals surface area contributed by atoms with Gasteiger partial charge in [0.05, 0.1) is 26.4 Å². The van der Waals surface area contributed by atoms with E-state index in [0.717, 1.165) is 0 Å². The monoisotopic (exact) mass is 800 g/mol. The molecule has 0 spiro atoms. The first-order valence-electron chi connectivity index (χ1n) is 16.1. The summed E-state index contributed by atoms with van der Waals surface area (Å²) >= 11 is 0. The lowest BCUT2D eigenvalue weighted by Crippen LogP contribution is -2.28. The minimum atomic E-state index is -2.36. The molecule has 0 radical (unpaired) electrons. The van der Waals surface area contributed by atoms with Gasteiger partial charge in [-0.25, -0.2) is 43.9 Å². The third-order valence-electron chi connectivity index (χ3n) is 9.47. The molecule has 1 aliphatic rings. The van der Waals surface area contributed by atoms with E-state index in [-0.39, 0.29) is 45.1 Å². The molecule has 1 aliphatic carbocycles. The number of halogens is 10. The zero-order valence-electron chi connectivity index (χ0n) is 28.1. The van der Waals surface area contributed by atoms with E-state index < -0.39 is 97.8 Å². The minimum absolute atomic E-state index is 0.147. The van der Waals surface area contributed by atoms with E-state index in [9.17, 15) is 64.1 Å². The Bertz CT molecular complexity index is 2420. The Morgan fingerprint density at radius 1 is 0.439 bits per heavy atom. The Morgan fingerprint density at radius 2 is 0.737 bits per heavy atom. The number of hydrogen-bond acceptors (Lipinski definition) is 6. The predicted octanol–water partition coefficient (Wildman–Crippen LogP) is 10.4. The lowest BCUT2D eigenvalue weighted by Gasteiger charge is -2.33. The highest BCUT2D eigenvalue weighted by Gasteiger charge is 2.48. The van der Waals surface area contributed by atoms with E-state index in [1.807, 2.05) is 0 Å². The molecule has 0 heterocycles. The Hall–Kier alpha value is -6.98. The van der Waals surface area contributed by atoms with E-state index in [1.165, 1.54) is 84.9 Å². The number of benzene rings is 6. The first kappa shape index (κ1) is 38.3. The molecular formula is C39H18F10N2O6. The van der Waals surface area contributed by atoms with E-state index in [1.54, 1.807) is 0 Å². The van der Waals surface area contributed by atoms with Crippen molar-refractivity contribution in [3.8, 4) is 22.6 Å². The average Bonchev–Trinajstić information content (AvgIpc) is 3.50. The van der Waals surface area contributed by atoms with Gasteiger partial charge in [-0.2, -0.15) is 0 Å². The molecule has 0 saturated heterocycles. The van der Waals surface area contributed by atoms with Gasteiger partial charge in [0.2, 0.25) is 11.6 Å². The van der Waals surface area contributed by atoms with Crippen molar-refractivity contribution < 1.29 is 63.2 Å². The number of ether oxygens (including phenoxy) is 2. The van der Waals surface area contributed by atoms with Crippen LogP contribution in [0.3, 0.4) is 0 Å². The second-order valence-corrected chi connectivity index (χ2v) is 12.4. The number of rotatable bonds is 10. The van der Waals surface area contributed by atoms with Crippen LogP contribution in [0.25, 0.3) is 11.1 Å². The number of nitro groups is 2. The molecular weight excluding hydrogens is 782 g/mol. The van der Waals surface area contributed by atoms with Crippen LogP contribution in [0.5, 0.6) is 11.5 Å². The van der Waals surface area contributed by atoms with E-state index in [0.29, 0.717) is 11.1 Å². The lowest BCUT2D eigenvalue weighted by atomic mass is 9.67. The van der Waals surface area contributed by atoms with E-state index >= 15 is 0 Å². The molecule has 57 heavy (non-hydrogen) atoms. The summed E-state index contributed by atoms with van der Waals surface area (Å²) in [7, 11) is 0. The van der Waals surface area contributed by atoms with Crippen LogP contribution in [-0.2, 0) is 18.6 Å². The van der Waals surface area contributed by atoms with Crippen molar-refractivity contribution in [2.75, 3.05) is 0 Å². The maximum atomic E-state index is 14.3. The number of non-ortho nitro benzene ring substituents is 2. The summed E-state index contributed by atoms with van der Waals surface area (Å²) in [6, 6.07) is 18.3. The van der Waals surface area contributed by atoms with Crippen molar-refractivity contribution in [2.24, 2.45) is 0 Å². The summed E-state index contributed by atoms with van der Waals surface area (Å²) in [5, 5.41) is 24.1. The highest BCUT2D eigenvalue weighted by atomic mass is 19.2. The van der Waals surface area contributed by atoms with Gasteiger partial charge < -0.3 is 9.47 Å². The molecule has 0 fully saturated rings. The van der Waals surface area contributed by atoms with Crippen LogP contribution >= 0.6 is 0 Å². The lowest BCUT2D eigenvalue weighted by molar-refractivity contribution is -0.385. The Balaban J connectivity index is 1.35. The topological polar surface area (TPSA) is 105 Å². The second-order valence-electron chi connectivity index (χ2n) is 12.4. The van der Waals surface area contributed by atoms with Gasteiger partial charge in [0.25, 0.3) is 11.4 Å². The molecule has 7 rings (SSSR count). The maximum absolute atomic E-state index is 14.3. The minimum Gasteiger partial charge on any atom is -0.489 e. The van der Waals surface area contributed by atoms with Crippen molar-refractivity contribution in [2.45, 2.75) is 18.6 Å². The highest BCUT2D eigenvalue weighted by Crippen LogP contribution is 2.57. The van der Waals surface area contributed by atoms with Crippen molar-refractivity contribution in [3.05, 3.63) is 197 Å². The number of fused-ring (bicyclic) bond motifs is 3. The standard InChI is InChI=1S/C39H18F10N2O6/c40-29-25(30(41)34(45)37(48)33(29)44)15-56-21-7-1-17(2-8-21)39(18-3-9-22(10-4-18)57-16-26-31(42)35(46)38(49)36(47)32(26)43)27-13-19(50(52)53)5-11-23(27)24-12-6-20(51(54)55)14-28(24)39/h1-14H,15-16H2. The molecule has 290 valence electrons. The smallest absolute Gasteiger partial charge is 0.269 e. The van der Waals surface area contributed by atoms with Crippen molar-refractivity contribution >= 4 is 11.4 Å². The number of nitrogens with zero attached hydrogens (tertiary/aromatic N) is 2. The van der Waals surface area contributed by atoms with Crippen LogP contribution in [0.2, 0.25) is 0 Å². The molecule has 8 nitrogen and oxygen atoms in total. The predicted molar refractivity (Wildman–Crippen MR) is 178 cm³/mol. The normalized spacial score (nSPS) is 12.6. The van der Waals surface area contributed by atoms with Crippen LogP contribution in [0.15, 0.2) is 84.9 Å². The molecule has 0 bridgehead atoms. The summed E-state index contributed by atoms with van der Waals surface area (Å²) in [6.45, 7) is -2.21. The largest absolute Gasteiger partial charge is 0.489 e. The Morgan fingerprint density at radius 3 is 1.04 bits per heavy atom. The second kappa shape index (κ2) is 14.3. The molecule has 18 heteroatoms. The summed E-state index contributed by atoms with van der Waals surface area (Å²) < 4.78 is 150. The number of nitro benzene ring substituents is 2. The van der Waals surface area contributed by atoms with Crippen molar-refractivity contribution in [1.82, 2.24) is 0 Å². The van der Waals surface area contributed by atoms with Crippen LogP contribution < -0.4 is 9.47 Å². The Labute approximate surface area is 312 Å². The molecule has 6 aromatic rings. The first-order chi connectivity index (χ1) is 27.1. The molecule has 0 aromatic heterocycles. The van der Waals surface area contributed by atoms with E-state index in [4.69, 9.17) is 9.47 Å². The van der Waals surface area contributed by atoms with Crippen molar-refractivity contribution in [1.29, 1.82) is 0 Å². The fourth-order valence-electron chi connectivity index (χ4n) is 6.78. The zero-order valence-corrected chi connectivity index (χ0v) is 28.1. The molecule has 0 N–H and O–H groups in total. The zero-order chi connectivity index (χ0) is 41.1. The summed E-state index contributed by atoms with van der Waals surface area (Å²) in [5.74, 6) is -22.2. The molecule has 0 atom stereocenters. The van der Waals surface area contributed by atoms with Crippen LogP contribution in [0, 0.1) is 78.4 Å². The van der Waals surface area contributed by atoms with Crippen LogP contribution in [-0.4, -0.2) is 9.85 Å². The molecule has 0 saturated carbocycles. The average molecular weight is 801 g/mol. The third kappa shape index (κ3) is 6.12. The maximum Gasteiger partial charge on any atom is 0.269 e. The van der Waals surface area contributed by atoms with Gasteiger partial charge >= 0.3 is 0 Å². The van der Waals surface area contributed by atoms with E-state index in [2.05, 4.69) is 0 Å².